The number of thiophene rings is 1. The molecule has 8 heteroatoms. The third-order valence-corrected chi connectivity index (χ3v) is 5.46. The SMILES string of the molecule is O=C(CN1CCC(NC(=O)c2ccc(C(=O)O)s2)CC1)Nc1ccccc1. The summed E-state index contributed by atoms with van der Waals surface area (Å²) < 4.78 is 0. The summed E-state index contributed by atoms with van der Waals surface area (Å²) in [6, 6.07) is 12.3. The van der Waals surface area contributed by atoms with E-state index in [4.69, 9.17) is 5.11 Å². The molecule has 7 nitrogen and oxygen atoms in total. The number of anilines is 1. The number of nitrogens with one attached hydrogen (secondary N) is 2. The molecule has 0 saturated carbocycles. The molecule has 142 valence electrons. The molecule has 3 N–H and O–H groups in total. The Bertz CT molecular complexity index is 813. The zero-order valence-electron chi connectivity index (χ0n) is 14.7. The number of likely N-dealkylation sites (tertiary alicyclic amines) is 1. The van der Waals surface area contributed by atoms with E-state index in [1.165, 1.54) is 12.1 Å². The van der Waals surface area contributed by atoms with Crippen LogP contribution in [0.2, 0.25) is 0 Å². The van der Waals surface area contributed by atoms with Crippen LogP contribution < -0.4 is 10.6 Å². The zero-order chi connectivity index (χ0) is 19.2. The van der Waals surface area contributed by atoms with Crippen LogP contribution in [0.1, 0.15) is 32.2 Å². The molecule has 1 aromatic carbocycles. The van der Waals surface area contributed by atoms with Crippen LogP contribution in [0.4, 0.5) is 5.69 Å². The average molecular weight is 387 g/mol. The van der Waals surface area contributed by atoms with Crippen LogP contribution in [-0.4, -0.2) is 53.5 Å². The number of piperidine rings is 1. The van der Waals surface area contributed by atoms with Crippen molar-refractivity contribution in [1.29, 1.82) is 0 Å². The lowest BCUT2D eigenvalue weighted by molar-refractivity contribution is -0.117. The largest absolute Gasteiger partial charge is 0.477 e. The van der Waals surface area contributed by atoms with Crippen molar-refractivity contribution >= 4 is 34.8 Å². The molecule has 2 amide bonds. The van der Waals surface area contributed by atoms with Gasteiger partial charge in [0.05, 0.1) is 11.4 Å². The van der Waals surface area contributed by atoms with Crippen molar-refractivity contribution in [3.63, 3.8) is 0 Å². The second-order valence-corrected chi connectivity index (χ2v) is 7.49. The fraction of sp³-hybridized carbons (Fsp3) is 0.316. The molecule has 0 unspecified atom stereocenters. The molecule has 0 atom stereocenters. The molecule has 1 fully saturated rings. The lowest BCUT2D eigenvalue weighted by atomic mass is 10.0. The van der Waals surface area contributed by atoms with Gasteiger partial charge >= 0.3 is 5.97 Å². The van der Waals surface area contributed by atoms with Gasteiger partial charge in [-0.1, -0.05) is 18.2 Å². The molecule has 2 heterocycles. The van der Waals surface area contributed by atoms with Crippen molar-refractivity contribution in [2.75, 3.05) is 25.0 Å². The number of nitrogens with zero attached hydrogens (tertiary/aromatic N) is 1. The second kappa shape index (κ2) is 8.79. The number of benzene rings is 1. The molecular formula is C19H21N3O4S. The first kappa shape index (κ1) is 19.1. The van der Waals surface area contributed by atoms with Crippen molar-refractivity contribution in [2.45, 2.75) is 18.9 Å². The van der Waals surface area contributed by atoms with Crippen LogP contribution in [0.5, 0.6) is 0 Å². The van der Waals surface area contributed by atoms with Crippen molar-refractivity contribution in [1.82, 2.24) is 10.2 Å². The number of carbonyl (C=O) groups is 3. The number of rotatable bonds is 6. The Morgan fingerprint density at radius 3 is 2.33 bits per heavy atom. The first-order valence-corrected chi connectivity index (χ1v) is 9.54. The van der Waals surface area contributed by atoms with Crippen LogP contribution in [0, 0.1) is 0 Å². The number of carboxylic acid groups (broad SMARTS) is 1. The number of hydrogen-bond acceptors (Lipinski definition) is 5. The minimum Gasteiger partial charge on any atom is -0.477 e. The Hall–Kier alpha value is -2.71. The number of carboxylic acids is 1. The smallest absolute Gasteiger partial charge is 0.345 e. The standard InChI is InChI=1S/C19H21N3O4S/c23-17(20-13-4-2-1-3-5-13)12-22-10-8-14(9-11-22)21-18(24)15-6-7-16(27-15)19(25)26/h1-7,14H,8-12H2,(H,20,23)(H,21,24)(H,25,26). The van der Waals surface area contributed by atoms with Gasteiger partial charge in [0.2, 0.25) is 5.91 Å². The Balaban J connectivity index is 1.42. The van der Waals surface area contributed by atoms with Gasteiger partial charge in [0.15, 0.2) is 0 Å². The molecule has 0 bridgehead atoms. The average Bonchev–Trinajstić information content (AvgIpc) is 3.15. The van der Waals surface area contributed by atoms with E-state index in [0.29, 0.717) is 11.4 Å². The summed E-state index contributed by atoms with van der Waals surface area (Å²) >= 11 is 0.973. The monoisotopic (exact) mass is 387 g/mol. The van der Waals surface area contributed by atoms with E-state index in [9.17, 15) is 14.4 Å². The molecule has 1 saturated heterocycles. The lowest BCUT2D eigenvalue weighted by Crippen LogP contribution is -2.46. The van der Waals surface area contributed by atoms with Gasteiger partial charge in [0.1, 0.15) is 4.88 Å². The molecular weight excluding hydrogens is 366 g/mol. The fourth-order valence-electron chi connectivity index (χ4n) is 2.99. The van der Waals surface area contributed by atoms with Gasteiger partial charge in [-0.2, -0.15) is 0 Å². The minimum absolute atomic E-state index is 0.0290. The van der Waals surface area contributed by atoms with E-state index in [1.54, 1.807) is 0 Å². The van der Waals surface area contributed by atoms with E-state index >= 15 is 0 Å². The lowest BCUT2D eigenvalue weighted by Gasteiger charge is -2.31. The van der Waals surface area contributed by atoms with Crippen LogP contribution in [0.15, 0.2) is 42.5 Å². The molecule has 3 rings (SSSR count). The van der Waals surface area contributed by atoms with E-state index in [2.05, 4.69) is 15.5 Å². The van der Waals surface area contributed by atoms with Gasteiger partial charge in [-0.05, 0) is 37.1 Å². The van der Waals surface area contributed by atoms with E-state index < -0.39 is 5.97 Å². The summed E-state index contributed by atoms with van der Waals surface area (Å²) in [7, 11) is 0. The van der Waals surface area contributed by atoms with Crippen LogP contribution in [0.25, 0.3) is 0 Å². The maximum absolute atomic E-state index is 12.2. The third kappa shape index (κ3) is 5.38. The number of carbonyl (C=O) groups excluding carboxylic acids is 2. The Kier molecular flexibility index (Phi) is 6.20. The molecule has 1 aliphatic rings. The fourth-order valence-corrected chi connectivity index (χ4v) is 3.74. The van der Waals surface area contributed by atoms with E-state index in [-0.39, 0.29) is 22.7 Å². The van der Waals surface area contributed by atoms with Gasteiger partial charge in [-0.15, -0.1) is 11.3 Å². The number of aromatic carboxylic acids is 1. The van der Waals surface area contributed by atoms with Gasteiger partial charge in [-0.3, -0.25) is 14.5 Å². The summed E-state index contributed by atoms with van der Waals surface area (Å²) in [6.07, 6.45) is 1.50. The summed E-state index contributed by atoms with van der Waals surface area (Å²) in [4.78, 5) is 37.9. The first-order valence-electron chi connectivity index (χ1n) is 8.72. The summed E-state index contributed by atoms with van der Waals surface area (Å²) in [5.74, 6) is -1.32. The summed E-state index contributed by atoms with van der Waals surface area (Å²) in [5, 5.41) is 14.8. The third-order valence-electron chi connectivity index (χ3n) is 4.39. The maximum Gasteiger partial charge on any atom is 0.345 e. The quantitative estimate of drug-likeness (QED) is 0.706. The van der Waals surface area contributed by atoms with Crippen molar-refractivity contribution < 1.29 is 19.5 Å². The van der Waals surface area contributed by atoms with E-state index in [0.717, 1.165) is 43.0 Å². The van der Waals surface area contributed by atoms with E-state index in [1.807, 2.05) is 30.3 Å². The molecule has 27 heavy (non-hydrogen) atoms. The molecule has 0 radical (unpaired) electrons. The molecule has 1 aliphatic heterocycles. The van der Waals surface area contributed by atoms with Crippen LogP contribution >= 0.6 is 11.3 Å². The van der Waals surface area contributed by atoms with Gasteiger partial charge in [0.25, 0.3) is 5.91 Å². The van der Waals surface area contributed by atoms with Crippen molar-refractivity contribution in [3.8, 4) is 0 Å². The highest BCUT2D eigenvalue weighted by atomic mass is 32.1. The highest BCUT2D eigenvalue weighted by Crippen LogP contribution is 2.18. The highest BCUT2D eigenvalue weighted by molar-refractivity contribution is 7.15. The van der Waals surface area contributed by atoms with Crippen molar-refractivity contribution in [3.05, 3.63) is 52.2 Å². The van der Waals surface area contributed by atoms with Gasteiger partial charge in [-0.25, -0.2) is 4.79 Å². The molecule has 1 aromatic heterocycles. The molecule has 2 aromatic rings. The maximum atomic E-state index is 12.2. The van der Waals surface area contributed by atoms with Gasteiger partial charge in [0, 0.05) is 24.8 Å². The summed E-state index contributed by atoms with van der Waals surface area (Å²) in [6.45, 7) is 1.76. The van der Waals surface area contributed by atoms with Crippen molar-refractivity contribution in [2.24, 2.45) is 0 Å². The van der Waals surface area contributed by atoms with Gasteiger partial charge < -0.3 is 15.7 Å². The Morgan fingerprint density at radius 1 is 1.04 bits per heavy atom. The molecule has 0 aliphatic carbocycles. The summed E-state index contributed by atoms with van der Waals surface area (Å²) in [5.41, 5.74) is 0.779. The predicted molar refractivity (Wildman–Crippen MR) is 103 cm³/mol. The number of amides is 2. The number of para-hydroxylation sites is 1. The van der Waals surface area contributed by atoms with Crippen LogP contribution in [-0.2, 0) is 4.79 Å². The number of hydrogen-bond donors (Lipinski definition) is 3. The zero-order valence-corrected chi connectivity index (χ0v) is 15.5. The molecule has 0 spiro atoms. The Labute approximate surface area is 161 Å². The van der Waals surface area contributed by atoms with Crippen LogP contribution in [0.3, 0.4) is 0 Å². The first-order chi connectivity index (χ1) is 13.0. The normalized spacial score (nSPS) is 15.3. The topological polar surface area (TPSA) is 98.7 Å². The predicted octanol–water partition coefficient (Wildman–Crippen LogP) is 2.28. The Morgan fingerprint density at radius 2 is 1.70 bits per heavy atom. The minimum atomic E-state index is -1.03. The highest BCUT2D eigenvalue weighted by Gasteiger charge is 2.23. The second-order valence-electron chi connectivity index (χ2n) is 6.41.